The van der Waals surface area contributed by atoms with Gasteiger partial charge in [-0.15, -0.1) is 0 Å². The smallest absolute Gasteiger partial charge is 0.271 e. The number of hydrazone groups is 1. The van der Waals surface area contributed by atoms with E-state index in [9.17, 15) is 4.79 Å². The molecule has 8 heteroatoms. The molecule has 0 aliphatic rings. The molecule has 1 amide bonds. The molecule has 1 aromatic heterocycles. The highest BCUT2D eigenvalue weighted by Crippen LogP contribution is 2.33. The third kappa shape index (κ3) is 6.08. The highest BCUT2D eigenvalue weighted by molar-refractivity contribution is 9.10. The van der Waals surface area contributed by atoms with Gasteiger partial charge in [-0.2, -0.15) is 10.4 Å². The zero-order chi connectivity index (χ0) is 26.2. The van der Waals surface area contributed by atoms with Gasteiger partial charge in [-0.3, -0.25) is 4.79 Å². The van der Waals surface area contributed by atoms with Crippen LogP contribution in [0.15, 0.2) is 88.4 Å². The summed E-state index contributed by atoms with van der Waals surface area (Å²) in [7, 11) is 0. The second-order valence-corrected chi connectivity index (χ2v) is 8.86. The van der Waals surface area contributed by atoms with E-state index in [1.807, 2.05) is 43.3 Å². The Morgan fingerprint density at radius 3 is 2.49 bits per heavy atom. The fraction of sp³-hybridized carbons (Fsp3) is 0.138. The molecule has 1 heterocycles. The number of carbonyl (C=O) groups excluding carboxylic acids is 1. The molecule has 4 rings (SSSR count). The number of hydrogen-bond donors (Lipinski definition) is 1. The van der Waals surface area contributed by atoms with Crippen LogP contribution < -0.4 is 14.9 Å². The van der Waals surface area contributed by atoms with E-state index in [0.29, 0.717) is 33.7 Å². The van der Waals surface area contributed by atoms with Crippen LogP contribution in [0, 0.1) is 18.3 Å². The Bertz CT molecular complexity index is 1460. The van der Waals surface area contributed by atoms with Gasteiger partial charge in [0.25, 0.3) is 5.91 Å². The van der Waals surface area contributed by atoms with E-state index in [-0.39, 0.29) is 12.5 Å². The summed E-state index contributed by atoms with van der Waals surface area (Å²) < 4.78 is 13.9. The van der Waals surface area contributed by atoms with Crippen LogP contribution in [-0.4, -0.2) is 29.9 Å². The molecule has 0 aliphatic heterocycles. The number of halogens is 1. The number of aromatic nitrogens is 1. The molecular weight excluding hydrogens is 532 g/mol. The lowest BCUT2D eigenvalue weighted by atomic mass is 10.1. The monoisotopic (exact) mass is 556 g/mol. The Hall–Kier alpha value is -4.35. The van der Waals surface area contributed by atoms with E-state index in [1.165, 1.54) is 6.21 Å². The van der Waals surface area contributed by atoms with E-state index < -0.39 is 0 Å². The molecule has 0 radical (unpaired) electrons. The minimum absolute atomic E-state index is 0.0910. The van der Waals surface area contributed by atoms with Crippen LogP contribution in [0.2, 0.25) is 0 Å². The van der Waals surface area contributed by atoms with Crippen molar-refractivity contribution in [2.75, 3.05) is 13.2 Å². The van der Waals surface area contributed by atoms with Crippen LogP contribution in [0.3, 0.4) is 0 Å². The van der Waals surface area contributed by atoms with Crippen molar-refractivity contribution < 1.29 is 14.3 Å². The van der Waals surface area contributed by atoms with Gasteiger partial charge in [-0.05, 0) is 83.9 Å². The molecular formula is C29H25BrN4O3. The van der Waals surface area contributed by atoms with Crippen molar-refractivity contribution in [1.29, 1.82) is 5.26 Å². The molecule has 37 heavy (non-hydrogen) atoms. The summed E-state index contributed by atoms with van der Waals surface area (Å²) >= 11 is 3.47. The number of nitrogens with one attached hydrogen (secondary N) is 1. The number of ether oxygens (including phenoxy) is 2. The molecule has 0 aliphatic carbocycles. The average molecular weight is 557 g/mol. The van der Waals surface area contributed by atoms with Gasteiger partial charge >= 0.3 is 0 Å². The molecule has 0 saturated heterocycles. The van der Waals surface area contributed by atoms with E-state index in [4.69, 9.17) is 14.7 Å². The first-order chi connectivity index (χ1) is 18.0. The lowest BCUT2D eigenvalue weighted by molar-refractivity contribution is 0.0955. The molecule has 3 aromatic carbocycles. The minimum atomic E-state index is -0.328. The largest absolute Gasteiger partial charge is 0.490 e. The van der Waals surface area contributed by atoms with Gasteiger partial charge in [0.05, 0.1) is 18.5 Å². The fourth-order valence-electron chi connectivity index (χ4n) is 3.84. The zero-order valence-electron chi connectivity index (χ0n) is 20.4. The number of carbonyl (C=O) groups is 1. The van der Waals surface area contributed by atoms with Gasteiger partial charge in [0.15, 0.2) is 18.1 Å². The van der Waals surface area contributed by atoms with E-state index in [2.05, 4.69) is 62.2 Å². The minimum Gasteiger partial charge on any atom is -0.490 e. The third-order valence-corrected chi connectivity index (χ3v) is 6.24. The summed E-state index contributed by atoms with van der Waals surface area (Å²) in [6.07, 6.45) is 1.52. The lowest BCUT2D eigenvalue weighted by Gasteiger charge is -2.13. The van der Waals surface area contributed by atoms with Crippen LogP contribution in [0.5, 0.6) is 11.5 Å². The maximum absolute atomic E-state index is 12.7. The summed E-state index contributed by atoms with van der Waals surface area (Å²) in [5.41, 5.74) is 8.00. The number of nitriles is 1. The van der Waals surface area contributed by atoms with Gasteiger partial charge in [0.1, 0.15) is 6.07 Å². The van der Waals surface area contributed by atoms with Gasteiger partial charge in [-0.1, -0.05) is 30.3 Å². The summed E-state index contributed by atoms with van der Waals surface area (Å²) in [6, 6.07) is 27.1. The van der Waals surface area contributed by atoms with E-state index in [1.54, 1.807) is 24.3 Å². The van der Waals surface area contributed by atoms with E-state index >= 15 is 0 Å². The second-order valence-electron chi connectivity index (χ2n) is 8.01. The zero-order valence-corrected chi connectivity index (χ0v) is 22.0. The molecule has 0 bridgehead atoms. The van der Waals surface area contributed by atoms with Crippen molar-refractivity contribution in [1.82, 2.24) is 9.99 Å². The number of amides is 1. The summed E-state index contributed by atoms with van der Waals surface area (Å²) in [5, 5.41) is 12.9. The van der Waals surface area contributed by atoms with Crippen LogP contribution in [-0.2, 0) is 0 Å². The fourth-order valence-corrected chi connectivity index (χ4v) is 4.27. The molecule has 0 unspecified atom stereocenters. The first kappa shape index (κ1) is 25.7. The summed E-state index contributed by atoms with van der Waals surface area (Å²) in [6.45, 7) is 4.25. The van der Waals surface area contributed by atoms with Crippen molar-refractivity contribution in [2.24, 2.45) is 5.10 Å². The summed E-state index contributed by atoms with van der Waals surface area (Å²) in [4.78, 5) is 12.7. The predicted octanol–water partition coefficient (Wildman–Crippen LogP) is 6.28. The van der Waals surface area contributed by atoms with Gasteiger partial charge in [0.2, 0.25) is 0 Å². The first-order valence-corrected chi connectivity index (χ1v) is 12.4. The maximum atomic E-state index is 12.7. The number of aryl methyl sites for hydroxylation is 1. The normalized spacial score (nSPS) is 10.8. The number of rotatable bonds is 9. The molecule has 4 aromatic rings. The van der Waals surface area contributed by atoms with Crippen molar-refractivity contribution in [3.63, 3.8) is 0 Å². The van der Waals surface area contributed by atoms with Crippen LogP contribution >= 0.6 is 15.9 Å². The van der Waals surface area contributed by atoms with Crippen molar-refractivity contribution >= 4 is 28.1 Å². The Labute approximate surface area is 224 Å². The number of nitrogens with zero attached hydrogens (tertiary/aromatic N) is 3. The van der Waals surface area contributed by atoms with Crippen molar-refractivity contribution in [3.05, 3.63) is 100 Å². The molecule has 1 N–H and O–H groups in total. The Balaban J connectivity index is 1.48. The highest BCUT2D eigenvalue weighted by atomic mass is 79.9. The number of benzene rings is 3. The first-order valence-electron chi connectivity index (χ1n) is 11.7. The highest BCUT2D eigenvalue weighted by Gasteiger charge is 2.12. The van der Waals surface area contributed by atoms with Crippen molar-refractivity contribution in [2.45, 2.75) is 13.8 Å². The topological polar surface area (TPSA) is 88.6 Å². The number of hydrogen-bond acceptors (Lipinski definition) is 5. The maximum Gasteiger partial charge on any atom is 0.271 e. The van der Waals surface area contributed by atoms with Gasteiger partial charge < -0.3 is 14.0 Å². The average Bonchev–Trinajstić information content (AvgIpc) is 3.31. The molecule has 0 atom stereocenters. The van der Waals surface area contributed by atoms with Crippen LogP contribution in [0.1, 0.15) is 28.5 Å². The Kier molecular flexibility index (Phi) is 8.39. The molecule has 0 spiro atoms. The predicted molar refractivity (Wildman–Crippen MR) is 147 cm³/mol. The van der Waals surface area contributed by atoms with Gasteiger partial charge in [-0.25, -0.2) is 5.43 Å². The van der Waals surface area contributed by atoms with Crippen molar-refractivity contribution in [3.8, 4) is 34.5 Å². The summed E-state index contributed by atoms with van der Waals surface area (Å²) in [5.74, 6) is 0.606. The molecule has 0 saturated carbocycles. The standard InChI is InChI=1S/C29H25BrN4O3/c1-3-36-27-17-23(25(30)18-28(27)37-16-15-31)19-32-33-29(35)22-10-12-24(13-11-22)34-20(2)9-14-26(34)21-7-5-4-6-8-21/h4-14,17-19H,3,16H2,1-2H3,(H,33,35)/b32-19+. The molecule has 7 nitrogen and oxygen atoms in total. The SMILES string of the molecule is CCOc1cc(/C=N/NC(=O)c2ccc(-n3c(C)ccc3-c3ccccc3)cc2)c(Br)cc1OCC#N. The molecule has 186 valence electrons. The van der Waals surface area contributed by atoms with Crippen LogP contribution in [0.25, 0.3) is 16.9 Å². The third-order valence-electron chi connectivity index (χ3n) is 5.56. The molecule has 0 fully saturated rings. The Morgan fingerprint density at radius 2 is 1.78 bits per heavy atom. The second kappa shape index (κ2) is 12.1. The van der Waals surface area contributed by atoms with Gasteiger partial charge in [0, 0.05) is 27.0 Å². The van der Waals surface area contributed by atoms with E-state index in [0.717, 1.165) is 22.6 Å². The van der Waals surface area contributed by atoms with Crippen LogP contribution in [0.4, 0.5) is 0 Å². The Morgan fingerprint density at radius 1 is 1.05 bits per heavy atom. The lowest BCUT2D eigenvalue weighted by Crippen LogP contribution is -2.17. The quantitative estimate of drug-likeness (QED) is 0.194.